The van der Waals surface area contributed by atoms with Crippen LogP contribution in [0, 0.1) is 0 Å². The molecule has 0 fully saturated rings. The molecule has 0 saturated carbocycles. The molecule has 1 N–H and O–H groups in total. The first-order valence-electron chi connectivity index (χ1n) is 6.96. The molecular weight excluding hydrogens is 280 g/mol. The number of phenolic OH excluding ortho intramolecular Hbond substituents is 1. The van der Waals surface area contributed by atoms with Crippen LogP contribution in [0.3, 0.4) is 0 Å². The van der Waals surface area contributed by atoms with Gasteiger partial charge in [-0.1, -0.05) is 24.3 Å². The van der Waals surface area contributed by atoms with E-state index in [0.717, 1.165) is 5.56 Å². The van der Waals surface area contributed by atoms with Crippen LogP contribution in [0.15, 0.2) is 48.5 Å². The number of rotatable bonds is 6. The molecule has 2 aromatic carbocycles. The highest BCUT2D eigenvalue weighted by Gasteiger charge is 2.05. The predicted octanol–water partition coefficient (Wildman–Crippen LogP) is 3.70. The maximum Gasteiger partial charge on any atom is 0.185 e. The van der Waals surface area contributed by atoms with Gasteiger partial charge in [0.2, 0.25) is 0 Å². The minimum atomic E-state index is -0.120. The molecule has 4 nitrogen and oxygen atoms in total. The van der Waals surface area contributed by atoms with E-state index in [1.807, 2.05) is 6.92 Å². The van der Waals surface area contributed by atoms with E-state index >= 15 is 0 Å². The van der Waals surface area contributed by atoms with Crippen molar-refractivity contribution in [3.8, 4) is 17.2 Å². The number of carbonyl (C=O) groups is 1. The maximum atomic E-state index is 12.1. The number of allylic oxidation sites excluding steroid dienone is 1. The summed E-state index contributed by atoms with van der Waals surface area (Å²) in [5, 5.41) is 9.65. The van der Waals surface area contributed by atoms with E-state index in [-0.39, 0.29) is 11.5 Å². The van der Waals surface area contributed by atoms with Gasteiger partial charge in [0, 0.05) is 5.56 Å². The summed E-state index contributed by atoms with van der Waals surface area (Å²) in [6, 6.07) is 11.9. The largest absolute Gasteiger partial charge is 0.504 e. The number of hydrogen-bond donors (Lipinski definition) is 1. The number of ketones is 1. The summed E-state index contributed by atoms with van der Waals surface area (Å²) in [6.07, 6.45) is 3.17. The molecule has 0 aromatic heterocycles. The Kier molecular flexibility index (Phi) is 5.20. The molecule has 0 amide bonds. The van der Waals surface area contributed by atoms with Crippen molar-refractivity contribution in [3.63, 3.8) is 0 Å². The second-order valence-electron chi connectivity index (χ2n) is 4.59. The van der Waals surface area contributed by atoms with Gasteiger partial charge in [0.15, 0.2) is 17.3 Å². The molecule has 0 saturated heterocycles. The molecule has 0 bridgehead atoms. The van der Waals surface area contributed by atoms with Gasteiger partial charge in [-0.15, -0.1) is 0 Å². The molecule has 114 valence electrons. The number of phenols is 1. The van der Waals surface area contributed by atoms with Crippen LogP contribution < -0.4 is 9.47 Å². The topological polar surface area (TPSA) is 55.8 Å². The van der Waals surface area contributed by atoms with Gasteiger partial charge in [-0.3, -0.25) is 4.79 Å². The number of methoxy groups -OCH3 is 1. The summed E-state index contributed by atoms with van der Waals surface area (Å²) in [4.78, 5) is 12.1. The summed E-state index contributed by atoms with van der Waals surface area (Å²) >= 11 is 0. The molecule has 0 atom stereocenters. The lowest BCUT2D eigenvalue weighted by Gasteiger charge is -2.06. The fourth-order valence-corrected chi connectivity index (χ4v) is 1.95. The number of ether oxygens (including phenoxy) is 2. The summed E-state index contributed by atoms with van der Waals surface area (Å²) in [5.41, 5.74) is 1.33. The van der Waals surface area contributed by atoms with Crippen molar-refractivity contribution in [2.45, 2.75) is 6.92 Å². The number of hydrogen-bond acceptors (Lipinski definition) is 4. The van der Waals surface area contributed by atoms with Gasteiger partial charge in [0.1, 0.15) is 5.75 Å². The molecule has 2 aromatic rings. The molecular formula is C18H18O4. The van der Waals surface area contributed by atoms with Crippen molar-refractivity contribution in [2.75, 3.05) is 13.7 Å². The SMILES string of the molecule is CCOc1cc(/C=C/C(=O)c2cccc(OC)c2)ccc1O. The highest BCUT2D eigenvalue weighted by atomic mass is 16.5. The summed E-state index contributed by atoms with van der Waals surface area (Å²) in [5.74, 6) is 1.00. The quantitative estimate of drug-likeness (QED) is 0.652. The Morgan fingerprint density at radius 3 is 2.77 bits per heavy atom. The summed E-state index contributed by atoms with van der Waals surface area (Å²) in [6.45, 7) is 2.30. The third kappa shape index (κ3) is 3.88. The van der Waals surface area contributed by atoms with Gasteiger partial charge >= 0.3 is 0 Å². The Labute approximate surface area is 129 Å². The fraction of sp³-hybridized carbons (Fsp3) is 0.167. The van der Waals surface area contributed by atoms with E-state index in [1.165, 1.54) is 6.08 Å². The number of aromatic hydroxyl groups is 1. The van der Waals surface area contributed by atoms with Gasteiger partial charge in [0.05, 0.1) is 13.7 Å². The maximum absolute atomic E-state index is 12.1. The Hall–Kier alpha value is -2.75. The van der Waals surface area contributed by atoms with Crippen LogP contribution in [0.5, 0.6) is 17.2 Å². The average molecular weight is 298 g/mol. The molecule has 0 spiro atoms. The van der Waals surface area contributed by atoms with Gasteiger partial charge < -0.3 is 14.6 Å². The summed E-state index contributed by atoms with van der Waals surface area (Å²) in [7, 11) is 1.56. The van der Waals surface area contributed by atoms with Crippen LogP contribution >= 0.6 is 0 Å². The molecule has 0 aliphatic carbocycles. The van der Waals surface area contributed by atoms with Crippen LogP contribution in [0.1, 0.15) is 22.8 Å². The fourth-order valence-electron chi connectivity index (χ4n) is 1.95. The smallest absolute Gasteiger partial charge is 0.185 e. The number of carbonyl (C=O) groups excluding carboxylic acids is 1. The van der Waals surface area contributed by atoms with Crippen molar-refractivity contribution in [1.82, 2.24) is 0 Å². The lowest BCUT2D eigenvalue weighted by molar-refractivity contribution is 0.104. The Bertz CT molecular complexity index is 689. The van der Waals surface area contributed by atoms with Crippen LogP contribution in [0.25, 0.3) is 6.08 Å². The first kappa shape index (κ1) is 15.6. The molecule has 2 rings (SSSR count). The van der Waals surface area contributed by atoms with Crippen molar-refractivity contribution in [2.24, 2.45) is 0 Å². The second kappa shape index (κ2) is 7.31. The van der Waals surface area contributed by atoms with Gasteiger partial charge in [-0.25, -0.2) is 0 Å². The standard InChI is InChI=1S/C18H18O4/c1-3-22-18-11-13(8-10-17(18)20)7-9-16(19)14-5-4-6-15(12-14)21-2/h4-12,20H,3H2,1-2H3/b9-7+. The van der Waals surface area contributed by atoms with E-state index in [9.17, 15) is 9.90 Å². The van der Waals surface area contributed by atoms with E-state index in [2.05, 4.69) is 0 Å². The monoisotopic (exact) mass is 298 g/mol. The Morgan fingerprint density at radius 2 is 2.05 bits per heavy atom. The summed E-state index contributed by atoms with van der Waals surface area (Å²) < 4.78 is 10.4. The van der Waals surface area contributed by atoms with E-state index in [0.29, 0.717) is 23.7 Å². The van der Waals surface area contributed by atoms with Crippen molar-refractivity contribution in [1.29, 1.82) is 0 Å². The minimum Gasteiger partial charge on any atom is -0.504 e. The first-order chi connectivity index (χ1) is 10.6. The van der Waals surface area contributed by atoms with Crippen molar-refractivity contribution >= 4 is 11.9 Å². The second-order valence-corrected chi connectivity index (χ2v) is 4.59. The molecule has 22 heavy (non-hydrogen) atoms. The zero-order chi connectivity index (χ0) is 15.9. The molecule has 4 heteroatoms. The molecule has 0 aliphatic rings. The lowest BCUT2D eigenvalue weighted by atomic mass is 10.1. The molecule has 0 heterocycles. The van der Waals surface area contributed by atoms with Crippen LogP contribution in [0.4, 0.5) is 0 Å². The zero-order valence-electron chi connectivity index (χ0n) is 12.6. The predicted molar refractivity (Wildman–Crippen MR) is 85.6 cm³/mol. The third-order valence-electron chi connectivity index (χ3n) is 3.07. The van der Waals surface area contributed by atoms with E-state index in [4.69, 9.17) is 9.47 Å². The van der Waals surface area contributed by atoms with Crippen molar-refractivity contribution < 1.29 is 19.4 Å². The van der Waals surface area contributed by atoms with E-state index < -0.39 is 0 Å². The van der Waals surface area contributed by atoms with Gasteiger partial charge in [-0.2, -0.15) is 0 Å². The molecule has 0 radical (unpaired) electrons. The highest BCUT2D eigenvalue weighted by molar-refractivity contribution is 6.07. The average Bonchev–Trinajstić information content (AvgIpc) is 2.55. The number of benzene rings is 2. The van der Waals surface area contributed by atoms with Crippen LogP contribution in [-0.4, -0.2) is 24.6 Å². The molecule has 0 aliphatic heterocycles. The van der Waals surface area contributed by atoms with Crippen molar-refractivity contribution in [3.05, 3.63) is 59.7 Å². The highest BCUT2D eigenvalue weighted by Crippen LogP contribution is 2.27. The molecule has 0 unspecified atom stereocenters. The van der Waals surface area contributed by atoms with Gasteiger partial charge in [-0.05, 0) is 42.8 Å². The van der Waals surface area contributed by atoms with Crippen LogP contribution in [-0.2, 0) is 0 Å². The normalized spacial score (nSPS) is 10.6. The Balaban J connectivity index is 2.17. The lowest BCUT2D eigenvalue weighted by Crippen LogP contribution is -1.95. The zero-order valence-corrected chi connectivity index (χ0v) is 12.6. The van der Waals surface area contributed by atoms with Gasteiger partial charge in [0.25, 0.3) is 0 Å². The Morgan fingerprint density at radius 1 is 1.23 bits per heavy atom. The third-order valence-corrected chi connectivity index (χ3v) is 3.07. The van der Waals surface area contributed by atoms with Crippen LogP contribution in [0.2, 0.25) is 0 Å². The minimum absolute atomic E-state index is 0.0816. The van der Waals surface area contributed by atoms with E-state index in [1.54, 1.807) is 55.7 Å². The first-order valence-corrected chi connectivity index (χ1v) is 6.96.